The lowest BCUT2D eigenvalue weighted by molar-refractivity contribution is -0.137. The highest BCUT2D eigenvalue weighted by atomic mass is 35.5. The Bertz CT molecular complexity index is 672. The average molecular weight is 352 g/mol. The van der Waals surface area contributed by atoms with Gasteiger partial charge >= 0.3 is 5.97 Å². The number of benzene rings is 2. The van der Waals surface area contributed by atoms with Crippen LogP contribution in [0.5, 0.6) is 0 Å². The third-order valence-corrected chi connectivity index (χ3v) is 3.39. The minimum Gasteiger partial charge on any atom is -0.481 e. The van der Waals surface area contributed by atoms with Crippen LogP contribution in [0, 0.1) is 0 Å². The van der Waals surface area contributed by atoms with Crippen molar-refractivity contribution in [2.75, 3.05) is 5.32 Å². The van der Waals surface area contributed by atoms with Crippen LogP contribution in [0.4, 0.5) is 5.69 Å². The molecule has 122 valence electrons. The molecule has 0 bridgehead atoms. The van der Waals surface area contributed by atoms with Crippen LogP contribution >= 0.6 is 24.0 Å². The van der Waals surface area contributed by atoms with Gasteiger partial charge in [-0.05, 0) is 36.2 Å². The molecule has 2 N–H and O–H groups in total. The Hall–Kier alpha value is -1.97. The summed E-state index contributed by atoms with van der Waals surface area (Å²) in [7, 11) is 0. The van der Waals surface area contributed by atoms with Gasteiger partial charge in [-0.3, -0.25) is 4.79 Å². The van der Waals surface area contributed by atoms with Crippen LogP contribution in [0.15, 0.2) is 48.5 Å². The largest absolute Gasteiger partial charge is 0.481 e. The Morgan fingerprint density at radius 2 is 1.91 bits per heavy atom. The van der Waals surface area contributed by atoms with Gasteiger partial charge in [0.2, 0.25) is 0 Å². The molecule has 0 aliphatic heterocycles. The SMILES string of the molecule is C[C@H](CC(=O)O)Nc1ccc(Cl)cc1/C=C/c1ccccc1.Cl. The maximum absolute atomic E-state index is 10.8. The molecule has 0 heterocycles. The third kappa shape index (κ3) is 6.35. The second-order valence-corrected chi connectivity index (χ2v) is 5.56. The van der Waals surface area contributed by atoms with Crippen LogP contribution in [0.25, 0.3) is 12.2 Å². The fourth-order valence-corrected chi connectivity index (χ4v) is 2.31. The normalized spacial score (nSPS) is 11.7. The summed E-state index contributed by atoms with van der Waals surface area (Å²) in [6.07, 6.45) is 4.03. The summed E-state index contributed by atoms with van der Waals surface area (Å²) in [5, 5.41) is 12.7. The molecule has 0 fully saturated rings. The molecule has 0 unspecified atom stereocenters. The molecule has 2 rings (SSSR count). The molecular weight excluding hydrogens is 333 g/mol. The third-order valence-electron chi connectivity index (χ3n) is 3.15. The highest BCUT2D eigenvalue weighted by Gasteiger charge is 2.09. The number of halogens is 2. The predicted molar refractivity (Wildman–Crippen MR) is 99.4 cm³/mol. The smallest absolute Gasteiger partial charge is 0.305 e. The van der Waals surface area contributed by atoms with Crippen molar-refractivity contribution in [3.8, 4) is 0 Å². The summed E-state index contributed by atoms with van der Waals surface area (Å²) in [6, 6.07) is 15.3. The molecule has 0 saturated heterocycles. The minimum absolute atomic E-state index is 0. The molecule has 0 radical (unpaired) electrons. The Kier molecular flexibility index (Phi) is 7.66. The summed E-state index contributed by atoms with van der Waals surface area (Å²) < 4.78 is 0. The van der Waals surface area contributed by atoms with E-state index < -0.39 is 5.97 Å². The lowest BCUT2D eigenvalue weighted by Crippen LogP contribution is -2.19. The molecule has 0 aliphatic carbocycles. The van der Waals surface area contributed by atoms with Gasteiger partial charge in [-0.15, -0.1) is 12.4 Å². The summed E-state index contributed by atoms with van der Waals surface area (Å²) in [5.74, 6) is -0.824. The molecule has 5 heteroatoms. The van der Waals surface area contributed by atoms with Crippen molar-refractivity contribution in [1.82, 2.24) is 0 Å². The number of aliphatic carboxylic acids is 1. The minimum atomic E-state index is -0.824. The number of anilines is 1. The molecule has 0 saturated carbocycles. The predicted octanol–water partition coefficient (Wildman–Crippen LogP) is 5.21. The van der Waals surface area contributed by atoms with E-state index in [2.05, 4.69) is 5.32 Å². The van der Waals surface area contributed by atoms with E-state index in [-0.39, 0.29) is 24.9 Å². The Labute approximate surface area is 147 Å². The summed E-state index contributed by atoms with van der Waals surface area (Å²) in [4.78, 5) is 10.8. The van der Waals surface area contributed by atoms with Gasteiger partial charge in [-0.2, -0.15) is 0 Å². The van der Waals surface area contributed by atoms with Crippen LogP contribution in [-0.2, 0) is 4.79 Å². The van der Waals surface area contributed by atoms with Crippen molar-refractivity contribution in [2.45, 2.75) is 19.4 Å². The van der Waals surface area contributed by atoms with Crippen LogP contribution in [-0.4, -0.2) is 17.1 Å². The number of carbonyl (C=O) groups is 1. The molecule has 0 amide bonds. The van der Waals surface area contributed by atoms with E-state index in [0.29, 0.717) is 5.02 Å². The molecule has 23 heavy (non-hydrogen) atoms. The van der Waals surface area contributed by atoms with Crippen molar-refractivity contribution in [1.29, 1.82) is 0 Å². The quantitative estimate of drug-likeness (QED) is 0.702. The Morgan fingerprint density at radius 1 is 1.22 bits per heavy atom. The number of rotatable bonds is 6. The lowest BCUT2D eigenvalue weighted by Gasteiger charge is -2.15. The molecule has 0 aliphatic rings. The zero-order valence-corrected chi connectivity index (χ0v) is 14.3. The van der Waals surface area contributed by atoms with Gasteiger partial charge in [0.15, 0.2) is 0 Å². The van der Waals surface area contributed by atoms with Crippen LogP contribution < -0.4 is 5.32 Å². The van der Waals surface area contributed by atoms with Crippen molar-refractivity contribution in [2.24, 2.45) is 0 Å². The molecule has 1 atom stereocenters. The van der Waals surface area contributed by atoms with Gasteiger partial charge < -0.3 is 10.4 Å². The number of carboxylic acid groups (broad SMARTS) is 1. The van der Waals surface area contributed by atoms with Crippen LogP contribution in [0.3, 0.4) is 0 Å². The van der Waals surface area contributed by atoms with Gasteiger partial charge in [0.25, 0.3) is 0 Å². The second-order valence-electron chi connectivity index (χ2n) is 5.12. The molecule has 0 aromatic heterocycles. The van der Waals surface area contributed by atoms with Gasteiger partial charge in [0.1, 0.15) is 0 Å². The maximum atomic E-state index is 10.8. The first-order chi connectivity index (χ1) is 10.5. The zero-order chi connectivity index (χ0) is 15.9. The zero-order valence-electron chi connectivity index (χ0n) is 12.7. The van der Waals surface area contributed by atoms with Gasteiger partial charge in [-0.25, -0.2) is 0 Å². The number of nitrogens with one attached hydrogen (secondary N) is 1. The molecule has 3 nitrogen and oxygen atoms in total. The fraction of sp³-hybridized carbons (Fsp3) is 0.167. The van der Waals surface area contributed by atoms with E-state index in [4.69, 9.17) is 16.7 Å². The highest BCUT2D eigenvalue weighted by molar-refractivity contribution is 6.30. The van der Waals surface area contributed by atoms with Crippen LogP contribution in [0.2, 0.25) is 5.02 Å². The first-order valence-electron chi connectivity index (χ1n) is 7.05. The Balaban J connectivity index is 0.00000264. The Morgan fingerprint density at radius 3 is 2.57 bits per heavy atom. The standard InChI is InChI=1S/C18H18ClNO2.ClH/c1-13(11-18(21)22)20-17-10-9-16(19)12-15(17)8-7-14-5-3-2-4-6-14;/h2-10,12-13,20H,11H2,1H3,(H,21,22);1H/b8-7+;/t13-;/m1./s1. The van der Waals surface area contributed by atoms with Gasteiger partial charge in [0, 0.05) is 16.8 Å². The first kappa shape index (κ1) is 19.1. The average Bonchev–Trinajstić information content (AvgIpc) is 2.48. The van der Waals surface area contributed by atoms with E-state index in [1.807, 2.05) is 61.5 Å². The van der Waals surface area contributed by atoms with Crippen molar-refractivity contribution in [3.63, 3.8) is 0 Å². The van der Waals surface area contributed by atoms with E-state index in [1.165, 1.54) is 0 Å². The molecule has 0 spiro atoms. The van der Waals surface area contributed by atoms with Crippen molar-refractivity contribution in [3.05, 3.63) is 64.7 Å². The van der Waals surface area contributed by atoms with E-state index >= 15 is 0 Å². The molecule has 2 aromatic carbocycles. The second kappa shape index (κ2) is 9.23. The van der Waals surface area contributed by atoms with E-state index in [0.717, 1.165) is 16.8 Å². The lowest BCUT2D eigenvalue weighted by atomic mass is 10.1. The first-order valence-corrected chi connectivity index (χ1v) is 7.43. The fourth-order valence-electron chi connectivity index (χ4n) is 2.13. The van der Waals surface area contributed by atoms with Gasteiger partial charge in [-0.1, -0.05) is 54.1 Å². The highest BCUT2D eigenvalue weighted by Crippen LogP contribution is 2.24. The number of hydrogen-bond donors (Lipinski definition) is 2. The summed E-state index contributed by atoms with van der Waals surface area (Å²) >= 11 is 6.06. The topological polar surface area (TPSA) is 49.3 Å². The summed E-state index contributed by atoms with van der Waals surface area (Å²) in [5.41, 5.74) is 2.88. The molecular formula is C18H19Cl2NO2. The summed E-state index contributed by atoms with van der Waals surface area (Å²) in [6.45, 7) is 1.84. The van der Waals surface area contributed by atoms with E-state index in [9.17, 15) is 4.79 Å². The maximum Gasteiger partial charge on any atom is 0.305 e. The number of hydrogen-bond acceptors (Lipinski definition) is 2. The van der Waals surface area contributed by atoms with Gasteiger partial charge in [0.05, 0.1) is 6.42 Å². The monoisotopic (exact) mass is 351 g/mol. The number of carboxylic acids is 1. The van der Waals surface area contributed by atoms with E-state index in [1.54, 1.807) is 6.07 Å². The van der Waals surface area contributed by atoms with Crippen LogP contribution in [0.1, 0.15) is 24.5 Å². The van der Waals surface area contributed by atoms with Crippen molar-refractivity contribution >= 4 is 47.8 Å². The molecule has 2 aromatic rings. The van der Waals surface area contributed by atoms with Crippen molar-refractivity contribution < 1.29 is 9.90 Å².